The van der Waals surface area contributed by atoms with Gasteiger partial charge in [0.05, 0.1) is 24.6 Å². The molecule has 142 valence electrons. The third-order valence-corrected chi connectivity index (χ3v) is 4.68. The van der Waals surface area contributed by atoms with Crippen LogP contribution in [0.25, 0.3) is 0 Å². The number of benzene rings is 1. The fourth-order valence-corrected chi connectivity index (χ4v) is 3.29. The first-order valence-electron chi connectivity index (χ1n) is 8.70. The summed E-state index contributed by atoms with van der Waals surface area (Å²) in [6.45, 7) is 5.43. The minimum Gasteiger partial charge on any atom is -0.290 e. The molecule has 0 bridgehead atoms. The Morgan fingerprint density at radius 2 is 1.93 bits per heavy atom. The molecule has 0 atom stereocenters. The number of nitrogens with one attached hydrogen (secondary N) is 2. The summed E-state index contributed by atoms with van der Waals surface area (Å²) in [7, 11) is 0. The monoisotopic (exact) mass is 385 g/mol. The molecule has 2 aromatic rings. The molecule has 8 heteroatoms. The van der Waals surface area contributed by atoms with Crippen LogP contribution in [-0.2, 0) is 22.6 Å². The molecule has 1 aromatic heterocycles. The number of nitrogens with zero attached hydrogens (tertiary/aromatic N) is 3. The summed E-state index contributed by atoms with van der Waals surface area (Å²) < 4.78 is 0. The molecule has 0 unspecified atom stereocenters. The van der Waals surface area contributed by atoms with Crippen LogP contribution in [-0.4, -0.2) is 34.8 Å². The Kier molecular flexibility index (Phi) is 7.92. The second kappa shape index (κ2) is 10.4. The number of hydrogen-bond acceptors (Lipinski definition) is 6. The smallest absolute Gasteiger partial charge is 0.252 e. The molecule has 0 radical (unpaired) electrons. The molecule has 7 nitrogen and oxygen atoms in total. The van der Waals surface area contributed by atoms with Crippen molar-refractivity contribution in [3.8, 4) is 6.07 Å². The Hall–Kier alpha value is -2.76. The number of nitriles is 1. The van der Waals surface area contributed by atoms with E-state index < -0.39 is 0 Å². The number of amides is 2. The minimum absolute atomic E-state index is 0.142. The molecule has 0 aliphatic carbocycles. The Bertz CT molecular complexity index is 810. The molecule has 0 aliphatic heterocycles. The van der Waals surface area contributed by atoms with Crippen LogP contribution >= 0.6 is 11.3 Å². The van der Waals surface area contributed by atoms with E-state index in [9.17, 15) is 9.59 Å². The zero-order valence-electron chi connectivity index (χ0n) is 15.5. The maximum Gasteiger partial charge on any atom is 0.252 e. The molecule has 1 aromatic carbocycles. The quantitative estimate of drug-likeness (QED) is 0.677. The second-order valence-electron chi connectivity index (χ2n) is 6.18. The molecule has 1 heterocycles. The number of thiazole rings is 1. The SMILES string of the molecule is CCCN(CC(=O)NNC(=O)Cc1nc(C)cs1)Cc1ccc(C#N)cc1. The van der Waals surface area contributed by atoms with Gasteiger partial charge in [0.1, 0.15) is 5.01 Å². The minimum atomic E-state index is -0.299. The lowest BCUT2D eigenvalue weighted by atomic mass is 10.1. The number of carbonyl (C=O) groups excluding carboxylic acids is 2. The van der Waals surface area contributed by atoms with Gasteiger partial charge in [-0.3, -0.25) is 25.3 Å². The Labute approximate surface area is 163 Å². The van der Waals surface area contributed by atoms with Crippen molar-refractivity contribution in [2.75, 3.05) is 13.1 Å². The van der Waals surface area contributed by atoms with Crippen molar-refractivity contribution < 1.29 is 9.59 Å². The number of hydrazine groups is 1. The van der Waals surface area contributed by atoms with E-state index in [1.54, 1.807) is 12.1 Å². The summed E-state index contributed by atoms with van der Waals surface area (Å²) >= 11 is 1.42. The molecular formula is C19H23N5O2S. The van der Waals surface area contributed by atoms with Gasteiger partial charge in [0, 0.05) is 17.6 Å². The lowest BCUT2D eigenvalue weighted by Crippen LogP contribution is -2.46. The van der Waals surface area contributed by atoms with Gasteiger partial charge in [-0.1, -0.05) is 19.1 Å². The average Bonchev–Trinajstić information content (AvgIpc) is 3.05. The van der Waals surface area contributed by atoms with E-state index in [0.717, 1.165) is 24.2 Å². The van der Waals surface area contributed by atoms with Crippen LogP contribution in [0.5, 0.6) is 0 Å². The molecule has 0 aliphatic rings. The summed E-state index contributed by atoms with van der Waals surface area (Å²) in [5, 5.41) is 11.5. The van der Waals surface area contributed by atoms with E-state index in [1.807, 2.05) is 36.3 Å². The van der Waals surface area contributed by atoms with Crippen molar-refractivity contribution in [2.24, 2.45) is 0 Å². The van der Waals surface area contributed by atoms with Crippen molar-refractivity contribution in [3.05, 3.63) is 51.5 Å². The highest BCUT2D eigenvalue weighted by atomic mass is 32.1. The number of aryl methyl sites for hydroxylation is 1. The molecule has 2 N–H and O–H groups in total. The highest BCUT2D eigenvalue weighted by Gasteiger charge is 2.12. The lowest BCUT2D eigenvalue weighted by Gasteiger charge is -2.21. The van der Waals surface area contributed by atoms with Crippen LogP contribution in [0.3, 0.4) is 0 Å². The topological polar surface area (TPSA) is 98.1 Å². The number of aromatic nitrogens is 1. The molecule has 0 saturated carbocycles. The summed E-state index contributed by atoms with van der Waals surface area (Å²) in [5.41, 5.74) is 7.40. The largest absolute Gasteiger partial charge is 0.290 e. The third kappa shape index (κ3) is 7.17. The van der Waals surface area contributed by atoms with E-state index in [-0.39, 0.29) is 24.8 Å². The summed E-state index contributed by atoms with van der Waals surface area (Å²) in [5.74, 6) is -0.576. The Morgan fingerprint density at radius 3 is 2.52 bits per heavy atom. The first-order chi connectivity index (χ1) is 13.0. The van der Waals surface area contributed by atoms with Crippen LogP contribution in [0, 0.1) is 18.3 Å². The first-order valence-corrected chi connectivity index (χ1v) is 9.58. The summed E-state index contributed by atoms with van der Waals surface area (Å²) in [6, 6.07) is 9.39. The number of hydrogen-bond donors (Lipinski definition) is 2. The number of rotatable bonds is 8. The first kappa shape index (κ1) is 20.6. The maximum absolute atomic E-state index is 12.2. The highest BCUT2D eigenvalue weighted by Crippen LogP contribution is 2.09. The molecule has 0 spiro atoms. The van der Waals surface area contributed by atoms with Crippen LogP contribution in [0.4, 0.5) is 0 Å². The highest BCUT2D eigenvalue weighted by molar-refractivity contribution is 7.09. The predicted molar refractivity (Wildman–Crippen MR) is 104 cm³/mol. The van der Waals surface area contributed by atoms with Crippen molar-refractivity contribution in [1.82, 2.24) is 20.7 Å². The lowest BCUT2D eigenvalue weighted by molar-refractivity contribution is -0.129. The molecule has 2 rings (SSSR count). The predicted octanol–water partition coefficient (Wildman–Crippen LogP) is 1.93. The zero-order chi connectivity index (χ0) is 19.6. The molecule has 27 heavy (non-hydrogen) atoms. The number of carbonyl (C=O) groups is 2. The van der Waals surface area contributed by atoms with Gasteiger partial charge in [-0.05, 0) is 37.6 Å². The average molecular weight is 385 g/mol. The van der Waals surface area contributed by atoms with E-state index in [0.29, 0.717) is 17.1 Å². The third-order valence-electron chi connectivity index (χ3n) is 3.72. The van der Waals surface area contributed by atoms with Gasteiger partial charge in [-0.25, -0.2) is 4.98 Å². The van der Waals surface area contributed by atoms with Crippen LogP contribution in [0.1, 0.15) is 35.2 Å². The Morgan fingerprint density at radius 1 is 1.22 bits per heavy atom. The normalized spacial score (nSPS) is 10.4. The van der Waals surface area contributed by atoms with Crippen LogP contribution in [0.2, 0.25) is 0 Å². The van der Waals surface area contributed by atoms with Crippen molar-refractivity contribution in [2.45, 2.75) is 33.2 Å². The van der Waals surface area contributed by atoms with Gasteiger partial charge in [0.15, 0.2) is 0 Å². The van der Waals surface area contributed by atoms with E-state index in [2.05, 4.69) is 21.9 Å². The van der Waals surface area contributed by atoms with Gasteiger partial charge >= 0.3 is 0 Å². The van der Waals surface area contributed by atoms with Gasteiger partial charge in [0.25, 0.3) is 5.91 Å². The maximum atomic E-state index is 12.2. The molecule has 0 fully saturated rings. The molecule has 2 amide bonds. The second-order valence-corrected chi connectivity index (χ2v) is 7.12. The Balaban J connectivity index is 1.80. The summed E-state index contributed by atoms with van der Waals surface area (Å²) in [4.78, 5) is 30.3. The molecular weight excluding hydrogens is 362 g/mol. The van der Waals surface area contributed by atoms with E-state index in [1.165, 1.54) is 11.3 Å². The van der Waals surface area contributed by atoms with Gasteiger partial charge in [0.2, 0.25) is 5.91 Å². The zero-order valence-corrected chi connectivity index (χ0v) is 16.3. The van der Waals surface area contributed by atoms with Crippen molar-refractivity contribution >= 4 is 23.2 Å². The molecule has 0 saturated heterocycles. The van der Waals surface area contributed by atoms with Gasteiger partial charge in [-0.15, -0.1) is 11.3 Å². The van der Waals surface area contributed by atoms with Gasteiger partial charge in [-0.2, -0.15) is 5.26 Å². The fourth-order valence-electron chi connectivity index (χ4n) is 2.52. The fraction of sp³-hybridized carbons (Fsp3) is 0.368. The standard InChI is InChI=1S/C19H23N5O2S/c1-3-8-24(11-16-6-4-15(10-20)5-7-16)12-18(26)23-22-17(25)9-19-21-14(2)13-27-19/h4-7,13H,3,8-9,11-12H2,1-2H3,(H,22,25)(H,23,26). The van der Waals surface area contributed by atoms with Gasteiger partial charge < -0.3 is 0 Å². The van der Waals surface area contributed by atoms with Crippen molar-refractivity contribution in [3.63, 3.8) is 0 Å². The van der Waals surface area contributed by atoms with E-state index >= 15 is 0 Å². The van der Waals surface area contributed by atoms with Crippen LogP contribution < -0.4 is 10.9 Å². The summed E-state index contributed by atoms with van der Waals surface area (Å²) in [6.07, 6.45) is 1.04. The van der Waals surface area contributed by atoms with Crippen molar-refractivity contribution in [1.29, 1.82) is 5.26 Å². The van der Waals surface area contributed by atoms with Crippen LogP contribution in [0.15, 0.2) is 29.6 Å². The van der Waals surface area contributed by atoms with E-state index in [4.69, 9.17) is 5.26 Å².